The molecule has 0 aromatic carbocycles. The van der Waals surface area contributed by atoms with Crippen LogP contribution in [0.4, 0.5) is 0 Å². The first-order valence-electron chi connectivity index (χ1n) is 8.41. The summed E-state index contributed by atoms with van der Waals surface area (Å²) in [6.07, 6.45) is 8.86. The molecule has 1 unspecified atom stereocenters. The highest BCUT2D eigenvalue weighted by Crippen LogP contribution is 2.39. The predicted octanol–water partition coefficient (Wildman–Crippen LogP) is 1.89. The van der Waals surface area contributed by atoms with Crippen LogP contribution in [0.5, 0.6) is 0 Å². The van der Waals surface area contributed by atoms with E-state index >= 15 is 0 Å². The van der Waals surface area contributed by atoms with Crippen LogP contribution >= 0.6 is 0 Å². The first-order chi connectivity index (χ1) is 9.71. The van der Waals surface area contributed by atoms with E-state index in [2.05, 4.69) is 17.1 Å². The summed E-state index contributed by atoms with van der Waals surface area (Å²) >= 11 is 0. The van der Waals surface area contributed by atoms with Gasteiger partial charge in [-0.1, -0.05) is 26.2 Å². The van der Waals surface area contributed by atoms with Gasteiger partial charge in [0.15, 0.2) is 0 Å². The number of nitrogens with two attached hydrogens (primary N) is 1. The molecule has 1 atom stereocenters. The maximum absolute atomic E-state index is 12.8. The zero-order chi connectivity index (χ0) is 14.4. The molecule has 2 aliphatic rings. The molecular weight excluding hydrogens is 250 g/mol. The van der Waals surface area contributed by atoms with Crippen molar-refractivity contribution in [1.29, 1.82) is 0 Å². The molecule has 20 heavy (non-hydrogen) atoms. The molecule has 2 rings (SSSR count). The highest BCUT2D eigenvalue weighted by Gasteiger charge is 2.36. The Morgan fingerprint density at radius 3 is 2.65 bits per heavy atom. The fourth-order valence-electron chi connectivity index (χ4n) is 3.83. The molecule has 1 heterocycles. The van der Waals surface area contributed by atoms with Gasteiger partial charge in [-0.15, -0.1) is 0 Å². The van der Waals surface area contributed by atoms with Crippen LogP contribution < -0.4 is 11.1 Å². The minimum Gasteiger partial charge on any atom is -0.338 e. The van der Waals surface area contributed by atoms with Crippen molar-refractivity contribution in [3.8, 4) is 0 Å². The second kappa shape index (κ2) is 7.41. The van der Waals surface area contributed by atoms with Crippen LogP contribution in [-0.4, -0.2) is 43.0 Å². The summed E-state index contributed by atoms with van der Waals surface area (Å²) in [7, 11) is 0. The molecule has 0 radical (unpaired) electrons. The Kier molecular flexibility index (Phi) is 5.85. The fourth-order valence-corrected chi connectivity index (χ4v) is 3.83. The van der Waals surface area contributed by atoms with Gasteiger partial charge in [0.2, 0.25) is 5.91 Å². The van der Waals surface area contributed by atoms with Crippen molar-refractivity contribution in [1.82, 2.24) is 10.2 Å². The lowest BCUT2D eigenvalue weighted by atomic mass is 9.71. The molecule has 3 N–H and O–H groups in total. The zero-order valence-electron chi connectivity index (χ0n) is 13.0. The summed E-state index contributed by atoms with van der Waals surface area (Å²) in [6.45, 7) is 5.72. The molecule has 1 aliphatic heterocycles. The van der Waals surface area contributed by atoms with Crippen LogP contribution in [0.15, 0.2) is 0 Å². The number of carbonyl (C=O) groups is 1. The highest BCUT2D eigenvalue weighted by atomic mass is 16.2. The van der Waals surface area contributed by atoms with E-state index in [1.807, 2.05) is 0 Å². The van der Waals surface area contributed by atoms with Gasteiger partial charge in [-0.05, 0) is 44.2 Å². The SMILES string of the molecule is CCCN(C(=O)CC1(CN)CCCCC1)C1CCNC1. The average Bonchev–Trinajstić information content (AvgIpc) is 2.99. The minimum atomic E-state index is 0.0906. The molecule has 0 bridgehead atoms. The number of amides is 1. The summed E-state index contributed by atoms with van der Waals surface area (Å²) in [5.41, 5.74) is 6.12. The van der Waals surface area contributed by atoms with Crippen LogP contribution in [0, 0.1) is 5.41 Å². The maximum atomic E-state index is 12.8. The van der Waals surface area contributed by atoms with Gasteiger partial charge in [0.05, 0.1) is 0 Å². The van der Waals surface area contributed by atoms with Crippen molar-refractivity contribution in [3.05, 3.63) is 0 Å². The monoisotopic (exact) mass is 281 g/mol. The molecule has 0 aromatic rings. The van der Waals surface area contributed by atoms with Gasteiger partial charge >= 0.3 is 0 Å². The third kappa shape index (κ3) is 3.73. The van der Waals surface area contributed by atoms with E-state index in [-0.39, 0.29) is 5.41 Å². The molecule has 2 fully saturated rings. The number of hydrogen-bond donors (Lipinski definition) is 2. The Hall–Kier alpha value is -0.610. The van der Waals surface area contributed by atoms with Crippen LogP contribution in [0.3, 0.4) is 0 Å². The Labute approximate surface area is 123 Å². The van der Waals surface area contributed by atoms with E-state index < -0.39 is 0 Å². The van der Waals surface area contributed by atoms with Crippen molar-refractivity contribution in [3.63, 3.8) is 0 Å². The lowest BCUT2D eigenvalue weighted by Gasteiger charge is -2.38. The second-order valence-electron chi connectivity index (χ2n) is 6.68. The van der Waals surface area contributed by atoms with E-state index in [1.165, 1.54) is 19.3 Å². The summed E-state index contributed by atoms with van der Waals surface area (Å²) in [6, 6.07) is 0.404. The highest BCUT2D eigenvalue weighted by molar-refractivity contribution is 5.77. The van der Waals surface area contributed by atoms with Crippen LogP contribution in [0.1, 0.15) is 58.3 Å². The predicted molar refractivity (Wildman–Crippen MR) is 82.5 cm³/mol. The summed E-state index contributed by atoms with van der Waals surface area (Å²) < 4.78 is 0. The summed E-state index contributed by atoms with van der Waals surface area (Å²) in [4.78, 5) is 14.9. The molecular formula is C16H31N3O. The van der Waals surface area contributed by atoms with Crippen LogP contribution in [-0.2, 0) is 4.79 Å². The topological polar surface area (TPSA) is 58.4 Å². The van der Waals surface area contributed by atoms with Gasteiger partial charge in [0, 0.05) is 25.6 Å². The van der Waals surface area contributed by atoms with Gasteiger partial charge in [0.1, 0.15) is 0 Å². The summed E-state index contributed by atoms with van der Waals surface area (Å²) in [5.74, 6) is 0.341. The molecule has 0 spiro atoms. The second-order valence-corrected chi connectivity index (χ2v) is 6.68. The number of rotatable bonds is 6. The van der Waals surface area contributed by atoms with E-state index in [0.29, 0.717) is 24.9 Å². The smallest absolute Gasteiger partial charge is 0.223 e. The largest absolute Gasteiger partial charge is 0.338 e. The van der Waals surface area contributed by atoms with Crippen LogP contribution in [0.25, 0.3) is 0 Å². The number of hydrogen-bond acceptors (Lipinski definition) is 3. The molecule has 1 saturated carbocycles. The van der Waals surface area contributed by atoms with Gasteiger partial charge in [-0.2, -0.15) is 0 Å². The number of carbonyl (C=O) groups excluding carboxylic acids is 1. The van der Waals surface area contributed by atoms with Crippen LogP contribution in [0.2, 0.25) is 0 Å². The van der Waals surface area contributed by atoms with Crippen molar-refractivity contribution in [2.24, 2.45) is 11.1 Å². The van der Waals surface area contributed by atoms with Gasteiger partial charge in [-0.25, -0.2) is 0 Å². The third-order valence-electron chi connectivity index (χ3n) is 5.13. The van der Waals surface area contributed by atoms with Gasteiger partial charge in [0.25, 0.3) is 0 Å². The fraction of sp³-hybridized carbons (Fsp3) is 0.938. The van der Waals surface area contributed by atoms with E-state index in [1.54, 1.807) is 0 Å². The minimum absolute atomic E-state index is 0.0906. The normalized spacial score (nSPS) is 25.6. The number of nitrogens with zero attached hydrogens (tertiary/aromatic N) is 1. The summed E-state index contributed by atoms with van der Waals surface area (Å²) in [5, 5.41) is 3.37. The third-order valence-corrected chi connectivity index (χ3v) is 5.13. The van der Waals surface area contributed by atoms with Gasteiger partial charge in [-0.3, -0.25) is 4.79 Å². The molecule has 1 aliphatic carbocycles. The van der Waals surface area contributed by atoms with Gasteiger partial charge < -0.3 is 16.0 Å². The van der Waals surface area contributed by atoms with Crippen molar-refractivity contribution in [2.45, 2.75) is 64.3 Å². The molecule has 4 nitrogen and oxygen atoms in total. The Morgan fingerprint density at radius 2 is 2.10 bits per heavy atom. The number of nitrogens with one attached hydrogen (secondary N) is 1. The molecule has 1 saturated heterocycles. The maximum Gasteiger partial charge on any atom is 0.223 e. The van der Waals surface area contributed by atoms with Crippen molar-refractivity contribution < 1.29 is 4.79 Å². The molecule has 0 aromatic heterocycles. The van der Waals surface area contributed by atoms with Crippen molar-refractivity contribution in [2.75, 3.05) is 26.2 Å². The Balaban J connectivity index is 1.98. The van der Waals surface area contributed by atoms with E-state index in [9.17, 15) is 4.79 Å². The molecule has 4 heteroatoms. The quantitative estimate of drug-likeness (QED) is 0.781. The lowest BCUT2D eigenvalue weighted by Crippen LogP contribution is -2.46. The molecule has 116 valence electrons. The first-order valence-corrected chi connectivity index (χ1v) is 8.41. The average molecular weight is 281 g/mol. The Morgan fingerprint density at radius 1 is 1.35 bits per heavy atom. The first kappa shape index (κ1) is 15.8. The van der Waals surface area contributed by atoms with E-state index in [4.69, 9.17) is 5.73 Å². The van der Waals surface area contributed by atoms with Crippen molar-refractivity contribution >= 4 is 5.91 Å². The molecule has 1 amide bonds. The zero-order valence-corrected chi connectivity index (χ0v) is 13.0. The standard InChI is InChI=1S/C16H31N3O/c1-2-10-19(14-6-9-18-12-14)15(20)11-16(13-17)7-4-3-5-8-16/h14,18H,2-13,17H2,1H3. The Bertz CT molecular complexity index is 307. The van der Waals surface area contributed by atoms with E-state index in [0.717, 1.165) is 45.3 Å². The lowest BCUT2D eigenvalue weighted by molar-refractivity contribution is -0.136.